The Balaban J connectivity index is 1.78. The Morgan fingerprint density at radius 1 is 1.35 bits per heavy atom. The third kappa shape index (κ3) is 2.49. The van der Waals surface area contributed by atoms with Gasteiger partial charge in [0, 0.05) is 16.9 Å². The Kier molecular flexibility index (Phi) is 3.13. The van der Waals surface area contributed by atoms with Crippen LogP contribution in [0.4, 0.5) is 19.6 Å². The third-order valence-electron chi connectivity index (χ3n) is 3.08. The molecule has 1 heterocycles. The van der Waals surface area contributed by atoms with Gasteiger partial charge in [-0.3, -0.25) is 10.1 Å². The second-order valence-electron chi connectivity index (χ2n) is 4.66. The fraction of sp³-hybridized carbons (Fsp3) is 0.231. The molecule has 7 heteroatoms. The topological polar surface area (TPSA) is 68.0 Å². The van der Waals surface area contributed by atoms with Crippen molar-refractivity contribution in [3.05, 3.63) is 40.4 Å². The van der Waals surface area contributed by atoms with Crippen LogP contribution >= 0.6 is 11.3 Å². The minimum absolute atomic E-state index is 0.127. The number of thiazole rings is 1. The molecule has 1 saturated carbocycles. The maximum atomic E-state index is 13.3. The van der Waals surface area contributed by atoms with Gasteiger partial charge in [0.15, 0.2) is 5.13 Å². The van der Waals surface area contributed by atoms with Crippen molar-refractivity contribution in [2.75, 3.05) is 11.1 Å². The monoisotopic (exact) mass is 295 g/mol. The molecule has 3 N–H and O–H groups in total. The van der Waals surface area contributed by atoms with Crippen molar-refractivity contribution in [1.82, 2.24) is 4.98 Å². The summed E-state index contributed by atoms with van der Waals surface area (Å²) in [6.45, 7) is 0. The van der Waals surface area contributed by atoms with Crippen molar-refractivity contribution in [3.63, 3.8) is 0 Å². The lowest BCUT2D eigenvalue weighted by atomic mass is 10.2. The molecule has 0 aliphatic heterocycles. The Morgan fingerprint density at radius 2 is 2.00 bits per heavy atom. The standard InChI is InChI=1S/C13H11F2N3OS/c14-8-3-7(4-9(15)11(8)16)12(19)18-13-17-10(5-20-13)6-1-2-6/h3-6H,1-2,16H2,(H,17,18,19). The molecule has 0 radical (unpaired) electrons. The highest BCUT2D eigenvalue weighted by atomic mass is 32.1. The molecular formula is C13H11F2N3OS. The number of aromatic nitrogens is 1. The van der Waals surface area contributed by atoms with Crippen LogP contribution in [0.3, 0.4) is 0 Å². The van der Waals surface area contributed by atoms with Gasteiger partial charge >= 0.3 is 0 Å². The van der Waals surface area contributed by atoms with Gasteiger partial charge in [-0.2, -0.15) is 0 Å². The molecule has 0 saturated heterocycles. The van der Waals surface area contributed by atoms with E-state index >= 15 is 0 Å². The number of carbonyl (C=O) groups is 1. The van der Waals surface area contributed by atoms with Crippen LogP contribution < -0.4 is 11.1 Å². The van der Waals surface area contributed by atoms with E-state index in [1.807, 2.05) is 5.38 Å². The Labute approximate surface area is 117 Å². The molecule has 1 aromatic carbocycles. The summed E-state index contributed by atoms with van der Waals surface area (Å²) in [5.74, 6) is -2.02. The van der Waals surface area contributed by atoms with E-state index in [0.717, 1.165) is 30.7 Å². The molecule has 2 aromatic rings. The van der Waals surface area contributed by atoms with Crippen LogP contribution in [-0.4, -0.2) is 10.9 Å². The van der Waals surface area contributed by atoms with E-state index in [0.29, 0.717) is 11.0 Å². The molecule has 0 unspecified atom stereocenters. The molecule has 20 heavy (non-hydrogen) atoms. The van der Waals surface area contributed by atoms with Gasteiger partial charge in [-0.05, 0) is 25.0 Å². The van der Waals surface area contributed by atoms with Gasteiger partial charge in [0.2, 0.25) is 0 Å². The van der Waals surface area contributed by atoms with Gasteiger partial charge in [0.05, 0.1) is 5.69 Å². The lowest BCUT2D eigenvalue weighted by Gasteiger charge is -2.04. The number of rotatable bonds is 3. The Hall–Kier alpha value is -2.02. The minimum Gasteiger partial charge on any atom is -0.394 e. The smallest absolute Gasteiger partial charge is 0.257 e. The zero-order chi connectivity index (χ0) is 14.3. The van der Waals surface area contributed by atoms with Gasteiger partial charge in [0.25, 0.3) is 5.91 Å². The van der Waals surface area contributed by atoms with E-state index in [1.165, 1.54) is 11.3 Å². The molecule has 0 spiro atoms. The van der Waals surface area contributed by atoms with Crippen molar-refractivity contribution in [2.45, 2.75) is 18.8 Å². The number of amides is 1. The van der Waals surface area contributed by atoms with Crippen LogP contribution in [0, 0.1) is 11.6 Å². The lowest BCUT2D eigenvalue weighted by Crippen LogP contribution is -2.13. The molecule has 4 nitrogen and oxygen atoms in total. The van der Waals surface area contributed by atoms with Gasteiger partial charge < -0.3 is 5.73 Å². The van der Waals surface area contributed by atoms with Crippen LogP contribution in [0.2, 0.25) is 0 Å². The number of halogens is 2. The summed E-state index contributed by atoms with van der Waals surface area (Å²) in [4.78, 5) is 16.2. The van der Waals surface area contributed by atoms with Gasteiger partial charge in [-0.1, -0.05) is 0 Å². The summed E-state index contributed by atoms with van der Waals surface area (Å²) in [6, 6.07) is 1.81. The predicted molar refractivity (Wildman–Crippen MR) is 72.8 cm³/mol. The number of carbonyl (C=O) groups excluding carboxylic acids is 1. The van der Waals surface area contributed by atoms with Crippen molar-refractivity contribution in [1.29, 1.82) is 0 Å². The highest BCUT2D eigenvalue weighted by molar-refractivity contribution is 7.14. The zero-order valence-corrected chi connectivity index (χ0v) is 11.1. The summed E-state index contributed by atoms with van der Waals surface area (Å²) in [6.07, 6.45) is 2.23. The summed E-state index contributed by atoms with van der Waals surface area (Å²) in [7, 11) is 0. The van der Waals surface area contributed by atoms with Crippen LogP contribution in [0.1, 0.15) is 34.8 Å². The molecule has 1 aromatic heterocycles. The second kappa shape index (κ2) is 4.82. The van der Waals surface area contributed by atoms with Crippen LogP contribution in [-0.2, 0) is 0 Å². The van der Waals surface area contributed by atoms with Gasteiger partial charge in [-0.15, -0.1) is 11.3 Å². The molecular weight excluding hydrogens is 284 g/mol. The van der Waals surface area contributed by atoms with Crippen LogP contribution in [0.5, 0.6) is 0 Å². The first-order chi connectivity index (χ1) is 9.54. The number of nitrogens with two attached hydrogens (primary N) is 1. The zero-order valence-electron chi connectivity index (χ0n) is 10.3. The molecule has 0 atom stereocenters. The average Bonchev–Trinajstić information content (AvgIpc) is 3.16. The van der Waals surface area contributed by atoms with Crippen LogP contribution in [0.25, 0.3) is 0 Å². The maximum Gasteiger partial charge on any atom is 0.257 e. The van der Waals surface area contributed by atoms with Gasteiger partial charge in [-0.25, -0.2) is 13.8 Å². The largest absolute Gasteiger partial charge is 0.394 e. The van der Waals surface area contributed by atoms with E-state index in [4.69, 9.17) is 5.73 Å². The SMILES string of the molecule is Nc1c(F)cc(C(=O)Nc2nc(C3CC3)cs2)cc1F. The highest BCUT2D eigenvalue weighted by Crippen LogP contribution is 2.40. The number of hydrogen-bond acceptors (Lipinski definition) is 4. The van der Waals surface area contributed by atoms with Crippen molar-refractivity contribution in [2.24, 2.45) is 0 Å². The molecule has 0 bridgehead atoms. The minimum atomic E-state index is -0.951. The summed E-state index contributed by atoms with van der Waals surface area (Å²) in [5.41, 5.74) is 5.39. The van der Waals surface area contributed by atoms with E-state index < -0.39 is 23.2 Å². The van der Waals surface area contributed by atoms with E-state index in [2.05, 4.69) is 10.3 Å². The number of nitrogens with zero attached hydrogens (tertiary/aromatic N) is 1. The Morgan fingerprint density at radius 3 is 2.60 bits per heavy atom. The average molecular weight is 295 g/mol. The third-order valence-corrected chi connectivity index (χ3v) is 3.86. The number of nitrogen functional groups attached to an aromatic ring is 1. The summed E-state index contributed by atoms with van der Waals surface area (Å²) < 4.78 is 26.6. The highest BCUT2D eigenvalue weighted by Gasteiger charge is 2.26. The number of anilines is 2. The summed E-state index contributed by atoms with van der Waals surface area (Å²) in [5, 5.41) is 4.84. The molecule has 1 aliphatic rings. The molecule has 104 valence electrons. The van der Waals surface area contributed by atoms with E-state index in [1.54, 1.807) is 0 Å². The number of hydrogen-bond donors (Lipinski definition) is 2. The summed E-state index contributed by atoms with van der Waals surface area (Å²) >= 11 is 1.30. The molecule has 1 aliphatic carbocycles. The van der Waals surface area contributed by atoms with E-state index in [-0.39, 0.29) is 5.56 Å². The number of nitrogens with one attached hydrogen (secondary N) is 1. The first-order valence-corrected chi connectivity index (χ1v) is 6.94. The van der Waals surface area contributed by atoms with Crippen molar-refractivity contribution in [3.8, 4) is 0 Å². The maximum absolute atomic E-state index is 13.3. The fourth-order valence-electron chi connectivity index (χ4n) is 1.79. The van der Waals surface area contributed by atoms with Crippen molar-refractivity contribution >= 4 is 28.1 Å². The first kappa shape index (κ1) is 13.0. The van der Waals surface area contributed by atoms with E-state index in [9.17, 15) is 13.6 Å². The number of benzene rings is 1. The second-order valence-corrected chi connectivity index (χ2v) is 5.52. The quantitative estimate of drug-likeness (QED) is 0.855. The van der Waals surface area contributed by atoms with Gasteiger partial charge in [0.1, 0.15) is 17.3 Å². The predicted octanol–water partition coefficient (Wildman–Crippen LogP) is 3.13. The van der Waals surface area contributed by atoms with Crippen LogP contribution in [0.15, 0.2) is 17.5 Å². The first-order valence-electron chi connectivity index (χ1n) is 6.06. The lowest BCUT2D eigenvalue weighted by molar-refractivity contribution is 0.102. The Bertz CT molecular complexity index is 659. The normalized spacial score (nSPS) is 14.3. The molecule has 3 rings (SSSR count). The molecule has 1 amide bonds. The van der Waals surface area contributed by atoms with Crippen molar-refractivity contribution < 1.29 is 13.6 Å². The fourth-order valence-corrected chi connectivity index (χ4v) is 2.58. The molecule has 1 fully saturated rings.